The van der Waals surface area contributed by atoms with E-state index in [1.54, 1.807) is 0 Å². The number of nitrogens with two attached hydrogens (primary N) is 1. The highest BCUT2D eigenvalue weighted by atomic mass is 16.4. The van der Waals surface area contributed by atoms with Crippen LogP contribution >= 0.6 is 0 Å². The van der Waals surface area contributed by atoms with E-state index in [-0.39, 0.29) is 5.56 Å². The molecule has 2 amide bonds. The SMILES string of the molecule is NC(=O)C[C@H](NC(=O)c1ccc(=O)[nH]c1)C(=O)O. The molecule has 0 aromatic carbocycles. The molecule has 0 aliphatic heterocycles. The number of carboxylic acid groups (broad SMARTS) is 1. The van der Waals surface area contributed by atoms with E-state index in [9.17, 15) is 19.2 Å². The minimum Gasteiger partial charge on any atom is -0.480 e. The van der Waals surface area contributed by atoms with Gasteiger partial charge < -0.3 is 21.1 Å². The summed E-state index contributed by atoms with van der Waals surface area (Å²) in [6, 6.07) is 0.956. The van der Waals surface area contributed by atoms with Crippen molar-refractivity contribution >= 4 is 17.8 Å². The number of rotatable bonds is 5. The maximum Gasteiger partial charge on any atom is 0.326 e. The molecule has 1 atom stereocenters. The van der Waals surface area contributed by atoms with E-state index in [1.165, 1.54) is 6.07 Å². The Balaban J connectivity index is 2.78. The number of primary amides is 1. The van der Waals surface area contributed by atoms with Crippen molar-refractivity contribution < 1.29 is 19.5 Å². The summed E-state index contributed by atoms with van der Waals surface area (Å²) < 4.78 is 0. The third-order valence-electron chi connectivity index (χ3n) is 2.06. The molecule has 8 nitrogen and oxygen atoms in total. The molecule has 8 heteroatoms. The second kappa shape index (κ2) is 5.62. The molecule has 1 heterocycles. The second-order valence-corrected chi connectivity index (χ2v) is 3.48. The standard InChI is InChI=1S/C10H11N3O5/c11-7(14)3-6(10(17)18)13-9(16)5-1-2-8(15)12-4-5/h1-2,4,6H,3H2,(H2,11,14)(H,12,15)(H,13,16)(H,17,18)/t6-/m0/s1. The molecule has 18 heavy (non-hydrogen) atoms. The number of carbonyl (C=O) groups is 3. The van der Waals surface area contributed by atoms with Gasteiger partial charge in [0.25, 0.3) is 5.91 Å². The summed E-state index contributed by atoms with van der Waals surface area (Å²) in [5.74, 6) is -2.93. The lowest BCUT2D eigenvalue weighted by molar-refractivity contribution is -0.140. The van der Waals surface area contributed by atoms with Crippen molar-refractivity contribution in [2.24, 2.45) is 5.73 Å². The molecule has 0 aliphatic rings. The molecule has 0 saturated carbocycles. The van der Waals surface area contributed by atoms with Gasteiger partial charge in [0, 0.05) is 12.3 Å². The van der Waals surface area contributed by atoms with Gasteiger partial charge in [-0.15, -0.1) is 0 Å². The normalized spacial score (nSPS) is 11.6. The van der Waals surface area contributed by atoms with E-state index >= 15 is 0 Å². The highest BCUT2D eigenvalue weighted by Gasteiger charge is 2.22. The summed E-state index contributed by atoms with van der Waals surface area (Å²) in [7, 11) is 0. The number of carboxylic acids is 1. The van der Waals surface area contributed by atoms with Gasteiger partial charge in [0.05, 0.1) is 12.0 Å². The van der Waals surface area contributed by atoms with Gasteiger partial charge in [-0.25, -0.2) is 4.79 Å². The summed E-state index contributed by atoms with van der Waals surface area (Å²) in [6.07, 6.45) is 0.630. The molecule has 1 aromatic heterocycles. The summed E-state index contributed by atoms with van der Waals surface area (Å²) in [6.45, 7) is 0. The van der Waals surface area contributed by atoms with Crippen LogP contribution < -0.4 is 16.6 Å². The van der Waals surface area contributed by atoms with Gasteiger partial charge in [-0.05, 0) is 6.07 Å². The molecule has 0 fully saturated rings. The van der Waals surface area contributed by atoms with Crippen LogP contribution in [0, 0.1) is 0 Å². The lowest BCUT2D eigenvalue weighted by Crippen LogP contribution is -2.43. The predicted octanol–water partition coefficient (Wildman–Crippen LogP) is -1.57. The Morgan fingerprint density at radius 1 is 1.39 bits per heavy atom. The largest absolute Gasteiger partial charge is 0.480 e. The number of hydrogen-bond donors (Lipinski definition) is 4. The minimum absolute atomic E-state index is 0.0744. The molecule has 1 aromatic rings. The van der Waals surface area contributed by atoms with Crippen LogP contribution in [0.3, 0.4) is 0 Å². The number of nitrogens with one attached hydrogen (secondary N) is 2. The van der Waals surface area contributed by atoms with Crippen molar-refractivity contribution in [3.05, 3.63) is 34.2 Å². The van der Waals surface area contributed by atoms with Crippen LogP contribution in [0.4, 0.5) is 0 Å². The number of aromatic amines is 1. The summed E-state index contributed by atoms with van der Waals surface area (Å²) >= 11 is 0. The van der Waals surface area contributed by atoms with Gasteiger partial charge in [0.2, 0.25) is 11.5 Å². The zero-order valence-electron chi connectivity index (χ0n) is 9.17. The molecule has 0 unspecified atom stereocenters. The quantitative estimate of drug-likeness (QED) is 0.501. The fourth-order valence-corrected chi connectivity index (χ4v) is 1.19. The van der Waals surface area contributed by atoms with Crippen molar-refractivity contribution in [2.45, 2.75) is 12.5 Å². The smallest absolute Gasteiger partial charge is 0.326 e. The van der Waals surface area contributed by atoms with Gasteiger partial charge >= 0.3 is 5.97 Å². The van der Waals surface area contributed by atoms with E-state index < -0.39 is 35.8 Å². The van der Waals surface area contributed by atoms with Crippen LogP contribution in [0.25, 0.3) is 0 Å². The zero-order chi connectivity index (χ0) is 13.7. The van der Waals surface area contributed by atoms with Crippen LogP contribution in [0.2, 0.25) is 0 Å². The second-order valence-electron chi connectivity index (χ2n) is 3.48. The molecular weight excluding hydrogens is 242 g/mol. The first-order valence-corrected chi connectivity index (χ1v) is 4.91. The Bertz CT molecular complexity index is 516. The zero-order valence-corrected chi connectivity index (χ0v) is 9.17. The van der Waals surface area contributed by atoms with Crippen molar-refractivity contribution in [3.8, 4) is 0 Å². The van der Waals surface area contributed by atoms with E-state index in [2.05, 4.69) is 10.3 Å². The predicted molar refractivity (Wildman–Crippen MR) is 59.8 cm³/mol. The molecule has 5 N–H and O–H groups in total. The summed E-state index contributed by atoms with van der Waals surface area (Å²) in [5.41, 5.74) is 4.55. The first-order chi connectivity index (χ1) is 8.40. The van der Waals surface area contributed by atoms with Gasteiger partial charge in [-0.1, -0.05) is 0 Å². The fourth-order valence-electron chi connectivity index (χ4n) is 1.19. The Kier molecular flexibility index (Phi) is 4.19. The highest BCUT2D eigenvalue weighted by Crippen LogP contribution is 1.97. The molecule has 0 spiro atoms. The van der Waals surface area contributed by atoms with Gasteiger partial charge in [-0.2, -0.15) is 0 Å². The van der Waals surface area contributed by atoms with E-state index in [1.807, 2.05) is 0 Å². The van der Waals surface area contributed by atoms with E-state index in [0.29, 0.717) is 0 Å². The van der Waals surface area contributed by atoms with Gasteiger partial charge in [-0.3, -0.25) is 14.4 Å². The Hall–Kier alpha value is -2.64. The average molecular weight is 253 g/mol. The maximum atomic E-state index is 11.6. The molecule has 0 radical (unpaired) electrons. The van der Waals surface area contributed by atoms with Crippen LogP contribution in [0.15, 0.2) is 23.1 Å². The fraction of sp³-hybridized carbons (Fsp3) is 0.200. The first-order valence-electron chi connectivity index (χ1n) is 4.91. The lowest BCUT2D eigenvalue weighted by atomic mass is 10.2. The van der Waals surface area contributed by atoms with E-state index in [4.69, 9.17) is 10.8 Å². The monoisotopic (exact) mass is 253 g/mol. The molecule has 0 bridgehead atoms. The van der Waals surface area contributed by atoms with Crippen molar-refractivity contribution in [1.29, 1.82) is 0 Å². The number of amides is 2. The first kappa shape index (κ1) is 13.4. The summed E-state index contributed by atoms with van der Waals surface area (Å²) in [5, 5.41) is 10.9. The molecule has 1 rings (SSSR count). The number of aliphatic carboxylic acids is 1. The topological polar surface area (TPSA) is 142 Å². The lowest BCUT2D eigenvalue weighted by Gasteiger charge is -2.12. The Morgan fingerprint density at radius 2 is 2.06 bits per heavy atom. The Morgan fingerprint density at radius 3 is 2.50 bits per heavy atom. The van der Waals surface area contributed by atoms with E-state index in [0.717, 1.165) is 12.3 Å². The van der Waals surface area contributed by atoms with Crippen molar-refractivity contribution in [1.82, 2.24) is 10.3 Å². The molecule has 96 valence electrons. The maximum absolute atomic E-state index is 11.6. The number of aromatic nitrogens is 1. The number of hydrogen-bond acceptors (Lipinski definition) is 4. The highest BCUT2D eigenvalue weighted by molar-refractivity contribution is 5.97. The molecular formula is C10H11N3O5. The molecule has 0 aliphatic carbocycles. The van der Waals surface area contributed by atoms with Crippen LogP contribution in [0.1, 0.15) is 16.8 Å². The van der Waals surface area contributed by atoms with Crippen molar-refractivity contribution in [3.63, 3.8) is 0 Å². The van der Waals surface area contributed by atoms with Gasteiger partial charge in [0.1, 0.15) is 6.04 Å². The number of pyridine rings is 1. The number of carbonyl (C=O) groups excluding carboxylic acids is 2. The third-order valence-corrected chi connectivity index (χ3v) is 2.06. The average Bonchev–Trinajstić information content (AvgIpc) is 2.28. The van der Waals surface area contributed by atoms with Crippen LogP contribution in [0.5, 0.6) is 0 Å². The summed E-state index contributed by atoms with van der Waals surface area (Å²) in [4.78, 5) is 46.1. The Labute approximate surface area is 101 Å². The third kappa shape index (κ3) is 3.74. The van der Waals surface area contributed by atoms with Crippen LogP contribution in [-0.2, 0) is 9.59 Å². The van der Waals surface area contributed by atoms with Crippen molar-refractivity contribution in [2.75, 3.05) is 0 Å². The van der Waals surface area contributed by atoms with Gasteiger partial charge in [0.15, 0.2) is 0 Å². The molecule has 0 saturated heterocycles. The number of H-pyrrole nitrogens is 1. The van der Waals surface area contributed by atoms with Crippen LogP contribution in [-0.4, -0.2) is 33.9 Å². The minimum atomic E-state index is -1.40.